The van der Waals surface area contributed by atoms with Gasteiger partial charge in [-0.05, 0) is 67.1 Å². The fourth-order valence-corrected chi connectivity index (χ4v) is 5.60. The largest absolute Gasteiger partial charge is 0.480 e. The summed E-state index contributed by atoms with van der Waals surface area (Å²) < 4.78 is 12.7. The number of amides is 1. The van der Waals surface area contributed by atoms with Crippen molar-refractivity contribution in [1.29, 1.82) is 0 Å². The molecule has 4 aromatic rings. The van der Waals surface area contributed by atoms with Gasteiger partial charge in [0, 0.05) is 31.0 Å². The fraction of sp³-hybridized carbons (Fsp3) is 0.303. The molecule has 0 fully saturated rings. The standard InChI is InChI=1S/C33H34N2O6/c1-20-11-10-16-27-29(20)21(18-35(27)32(39)41-33(2,3)4)17-28(30(36)37)34(5)31(38)40-19-26-24-14-8-6-12-22(24)23-13-7-9-15-25(23)26/h6-16,18,26,28H,17,19H2,1-5H3,(H,36,37)/t28-/m0/s1. The zero-order valence-corrected chi connectivity index (χ0v) is 23.9. The van der Waals surface area contributed by atoms with Crippen molar-refractivity contribution in [2.75, 3.05) is 13.7 Å². The monoisotopic (exact) mass is 554 g/mol. The molecule has 212 valence electrons. The van der Waals surface area contributed by atoms with Crippen LogP contribution in [0.1, 0.15) is 48.9 Å². The molecule has 0 saturated heterocycles. The van der Waals surface area contributed by atoms with E-state index in [9.17, 15) is 19.5 Å². The van der Waals surface area contributed by atoms with Gasteiger partial charge in [0.1, 0.15) is 18.2 Å². The van der Waals surface area contributed by atoms with Crippen molar-refractivity contribution in [1.82, 2.24) is 9.47 Å². The number of aliphatic carboxylic acids is 1. The highest BCUT2D eigenvalue weighted by Gasteiger charge is 2.33. The Morgan fingerprint density at radius 3 is 2.15 bits per heavy atom. The lowest BCUT2D eigenvalue weighted by Crippen LogP contribution is -2.44. The number of carbonyl (C=O) groups is 3. The Hall–Kier alpha value is -4.59. The molecule has 1 aliphatic rings. The van der Waals surface area contributed by atoms with Gasteiger partial charge in [-0.3, -0.25) is 9.47 Å². The summed E-state index contributed by atoms with van der Waals surface area (Å²) in [5.74, 6) is -1.31. The van der Waals surface area contributed by atoms with Crippen LogP contribution >= 0.6 is 0 Å². The summed E-state index contributed by atoms with van der Waals surface area (Å²) >= 11 is 0. The molecule has 1 amide bonds. The molecule has 0 radical (unpaired) electrons. The van der Waals surface area contributed by atoms with E-state index in [2.05, 4.69) is 12.1 Å². The Labute approximate surface area is 239 Å². The normalized spacial score (nSPS) is 13.4. The number of fused-ring (bicyclic) bond motifs is 4. The van der Waals surface area contributed by atoms with Crippen molar-refractivity contribution >= 4 is 29.1 Å². The van der Waals surface area contributed by atoms with Crippen LogP contribution in [0.4, 0.5) is 9.59 Å². The first-order chi connectivity index (χ1) is 19.5. The molecule has 0 bridgehead atoms. The second kappa shape index (κ2) is 10.8. The second-order valence-corrected chi connectivity index (χ2v) is 11.4. The van der Waals surface area contributed by atoms with E-state index in [0.29, 0.717) is 11.1 Å². The van der Waals surface area contributed by atoms with Crippen molar-refractivity contribution in [2.24, 2.45) is 0 Å². The first-order valence-electron chi connectivity index (χ1n) is 13.6. The third-order valence-corrected chi connectivity index (χ3v) is 7.50. The van der Waals surface area contributed by atoms with Gasteiger partial charge in [-0.15, -0.1) is 0 Å². The van der Waals surface area contributed by atoms with Crippen LogP contribution in [-0.4, -0.2) is 58.0 Å². The molecule has 0 spiro atoms. The zero-order valence-electron chi connectivity index (χ0n) is 23.9. The lowest BCUT2D eigenvalue weighted by Gasteiger charge is -2.25. The minimum absolute atomic E-state index is 0.0207. The molecule has 3 aromatic carbocycles. The summed E-state index contributed by atoms with van der Waals surface area (Å²) in [5, 5.41) is 10.9. The maximum Gasteiger partial charge on any atom is 0.419 e. The van der Waals surface area contributed by atoms with Gasteiger partial charge in [0.2, 0.25) is 0 Å². The molecule has 1 aliphatic carbocycles. The van der Waals surface area contributed by atoms with Gasteiger partial charge < -0.3 is 14.6 Å². The molecule has 0 aliphatic heterocycles. The van der Waals surface area contributed by atoms with Crippen molar-refractivity contribution in [3.8, 4) is 11.1 Å². The number of aryl methyl sites for hydroxylation is 1. The van der Waals surface area contributed by atoms with Gasteiger partial charge >= 0.3 is 18.2 Å². The highest BCUT2D eigenvalue weighted by Crippen LogP contribution is 2.44. The minimum atomic E-state index is -1.22. The molecule has 8 nitrogen and oxygen atoms in total. The number of carbonyl (C=O) groups excluding carboxylic acids is 2. The third kappa shape index (κ3) is 5.42. The highest BCUT2D eigenvalue weighted by atomic mass is 16.6. The number of nitrogens with zero attached hydrogens (tertiary/aromatic N) is 2. The van der Waals surface area contributed by atoms with Gasteiger partial charge in [0.25, 0.3) is 0 Å². The molecule has 1 aromatic heterocycles. The predicted molar refractivity (Wildman–Crippen MR) is 156 cm³/mol. The van der Waals surface area contributed by atoms with E-state index in [1.807, 2.05) is 55.5 Å². The number of rotatable bonds is 6. The highest BCUT2D eigenvalue weighted by molar-refractivity contribution is 5.94. The number of carboxylic acid groups (broad SMARTS) is 1. The van der Waals surface area contributed by atoms with Crippen molar-refractivity contribution in [3.63, 3.8) is 0 Å². The van der Waals surface area contributed by atoms with E-state index in [4.69, 9.17) is 9.47 Å². The van der Waals surface area contributed by atoms with Crippen LogP contribution in [0.5, 0.6) is 0 Å². The minimum Gasteiger partial charge on any atom is -0.480 e. The molecule has 0 saturated carbocycles. The molecule has 1 heterocycles. The van der Waals surface area contributed by atoms with Crippen LogP contribution in [0.2, 0.25) is 0 Å². The topological polar surface area (TPSA) is 98.1 Å². The average Bonchev–Trinajstić information content (AvgIpc) is 3.45. The van der Waals surface area contributed by atoms with Gasteiger partial charge in [0.05, 0.1) is 5.52 Å². The second-order valence-electron chi connectivity index (χ2n) is 11.4. The third-order valence-electron chi connectivity index (χ3n) is 7.50. The van der Waals surface area contributed by atoms with E-state index < -0.39 is 29.8 Å². The fourth-order valence-electron chi connectivity index (χ4n) is 5.60. The van der Waals surface area contributed by atoms with Crippen LogP contribution in [0, 0.1) is 6.92 Å². The van der Waals surface area contributed by atoms with E-state index in [1.165, 1.54) is 11.6 Å². The van der Waals surface area contributed by atoms with Crippen molar-refractivity contribution in [3.05, 3.63) is 95.2 Å². The molecular weight excluding hydrogens is 520 g/mol. The van der Waals surface area contributed by atoms with Gasteiger partial charge in [-0.25, -0.2) is 14.4 Å². The lowest BCUT2D eigenvalue weighted by molar-refractivity contribution is -0.142. The molecule has 1 N–H and O–H groups in total. The zero-order chi connectivity index (χ0) is 29.5. The summed E-state index contributed by atoms with van der Waals surface area (Å²) in [7, 11) is 1.43. The Bertz CT molecular complexity index is 1600. The Kier molecular flexibility index (Phi) is 7.34. The Balaban J connectivity index is 1.38. The van der Waals surface area contributed by atoms with Crippen molar-refractivity contribution in [2.45, 2.75) is 51.7 Å². The van der Waals surface area contributed by atoms with Crippen LogP contribution in [0.15, 0.2) is 72.9 Å². The summed E-state index contributed by atoms with van der Waals surface area (Å²) in [6.45, 7) is 7.34. The summed E-state index contributed by atoms with van der Waals surface area (Å²) in [6.07, 6.45) is 0.295. The van der Waals surface area contributed by atoms with Gasteiger partial charge in [-0.1, -0.05) is 60.7 Å². The number of benzene rings is 3. The maximum atomic E-state index is 13.2. The predicted octanol–water partition coefficient (Wildman–Crippen LogP) is 6.61. The number of carboxylic acids is 1. The van der Waals surface area contributed by atoms with E-state index in [1.54, 1.807) is 33.0 Å². The number of aromatic nitrogens is 1. The smallest absolute Gasteiger partial charge is 0.419 e. The van der Waals surface area contributed by atoms with Crippen LogP contribution in [0.25, 0.3) is 22.0 Å². The summed E-state index contributed by atoms with van der Waals surface area (Å²) in [4.78, 5) is 39.8. The van der Waals surface area contributed by atoms with Crippen molar-refractivity contribution < 1.29 is 29.0 Å². The SMILES string of the molecule is Cc1cccc2c1c(C[C@@H](C(=O)O)N(C)C(=O)OCC1c3ccccc3-c3ccccc31)cn2C(=O)OC(C)(C)C. The molecule has 8 heteroatoms. The summed E-state index contributed by atoms with van der Waals surface area (Å²) in [5.41, 5.74) is 5.78. The summed E-state index contributed by atoms with van der Waals surface area (Å²) in [6, 6.07) is 20.4. The number of hydrogen-bond acceptors (Lipinski definition) is 5. The van der Waals surface area contributed by atoms with Gasteiger partial charge in [-0.2, -0.15) is 0 Å². The molecule has 5 rings (SSSR count). The average molecular weight is 555 g/mol. The maximum absolute atomic E-state index is 13.2. The molecule has 1 atom stereocenters. The Morgan fingerprint density at radius 1 is 0.951 bits per heavy atom. The van der Waals surface area contributed by atoms with Crippen LogP contribution < -0.4 is 0 Å². The van der Waals surface area contributed by atoms with E-state index in [0.717, 1.165) is 38.1 Å². The Morgan fingerprint density at radius 2 is 1.56 bits per heavy atom. The lowest BCUT2D eigenvalue weighted by atomic mass is 9.98. The van der Waals surface area contributed by atoms with Gasteiger partial charge in [0.15, 0.2) is 0 Å². The molecule has 0 unspecified atom stereocenters. The van der Waals surface area contributed by atoms with E-state index >= 15 is 0 Å². The molecular formula is C33H34N2O6. The first kappa shape index (κ1) is 28.0. The van der Waals surface area contributed by atoms with E-state index in [-0.39, 0.29) is 18.9 Å². The first-order valence-corrected chi connectivity index (χ1v) is 13.6. The number of hydrogen-bond donors (Lipinski definition) is 1. The molecule has 41 heavy (non-hydrogen) atoms. The quantitative estimate of drug-likeness (QED) is 0.288. The number of likely N-dealkylation sites (N-methyl/N-ethyl adjacent to an activating group) is 1. The van der Waals surface area contributed by atoms with Crippen LogP contribution in [-0.2, 0) is 20.7 Å². The number of ether oxygens (including phenoxy) is 2. The van der Waals surface area contributed by atoms with Crippen LogP contribution in [0.3, 0.4) is 0 Å².